The first-order chi connectivity index (χ1) is 16.3. The van der Waals surface area contributed by atoms with Crippen LogP contribution in [-0.4, -0.2) is 52.4 Å². The van der Waals surface area contributed by atoms with E-state index < -0.39 is 18.6 Å². The van der Waals surface area contributed by atoms with E-state index >= 15 is 0 Å². The molecule has 0 saturated carbocycles. The van der Waals surface area contributed by atoms with Crippen molar-refractivity contribution >= 4 is 46.5 Å². The lowest BCUT2D eigenvalue weighted by Crippen LogP contribution is -2.34. The highest BCUT2D eigenvalue weighted by Gasteiger charge is 2.28. The summed E-state index contributed by atoms with van der Waals surface area (Å²) in [6, 6.07) is 5.46. The molecule has 1 aliphatic heterocycles. The minimum Gasteiger partial charge on any atom is -0.371 e. The number of amides is 1. The number of thiazole rings is 1. The first-order valence-corrected chi connectivity index (χ1v) is 12.1. The lowest BCUT2D eigenvalue weighted by atomic mass is 9.98. The van der Waals surface area contributed by atoms with Crippen molar-refractivity contribution < 1.29 is 18.0 Å². The van der Waals surface area contributed by atoms with Gasteiger partial charge in [-0.2, -0.15) is 25.8 Å². The number of carbonyl (C=O) groups is 1. The highest BCUT2D eigenvalue weighted by Crippen LogP contribution is 2.31. The molecule has 12 heteroatoms. The van der Waals surface area contributed by atoms with Gasteiger partial charge in [-0.05, 0) is 36.6 Å². The first-order valence-electron chi connectivity index (χ1n) is 10.7. The molecule has 0 unspecified atom stereocenters. The number of hydrogen-bond donors (Lipinski definition) is 3. The highest BCUT2D eigenvalue weighted by atomic mass is 32.1. The quantitative estimate of drug-likeness (QED) is 0.399. The number of pyridine rings is 2. The van der Waals surface area contributed by atoms with E-state index in [1.807, 2.05) is 17.4 Å². The molecule has 0 aliphatic carbocycles. The zero-order valence-electron chi connectivity index (χ0n) is 18.0. The maximum Gasteiger partial charge on any atom is 0.405 e. The summed E-state index contributed by atoms with van der Waals surface area (Å²) in [6.45, 7) is 0.565. The Bertz CT molecular complexity index is 1130. The van der Waals surface area contributed by atoms with Gasteiger partial charge in [0.25, 0.3) is 5.91 Å². The van der Waals surface area contributed by atoms with Crippen LogP contribution in [0.1, 0.15) is 23.2 Å². The monoisotopic (exact) mass is 508 g/mol. The molecule has 4 rings (SSSR count). The molecule has 7 nitrogen and oxygen atoms in total. The molecular formula is C22H23F3N6OS2. The molecule has 34 heavy (non-hydrogen) atoms. The number of nitrogens with zero attached hydrogens (tertiary/aromatic N) is 4. The van der Waals surface area contributed by atoms with Crippen molar-refractivity contribution in [3.8, 4) is 10.4 Å². The van der Waals surface area contributed by atoms with Crippen LogP contribution in [0.5, 0.6) is 0 Å². The third-order valence-corrected chi connectivity index (χ3v) is 6.93. The fourth-order valence-electron chi connectivity index (χ4n) is 3.61. The van der Waals surface area contributed by atoms with Gasteiger partial charge in [-0.25, -0.2) is 9.97 Å². The predicted molar refractivity (Wildman–Crippen MR) is 130 cm³/mol. The van der Waals surface area contributed by atoms with Gasteiger partial charge < -0.3 is 15.5 Å². The molecular weight excluding hydrogens is 485 g/mol. The number of alkyl halides is 3. The molecule has 1 amide bonds. The summed E-state index contributed by atoms with van der Waals surface area (Å²) in [5, 5.41) is 5.65. The van der Waals surface area contributed by atoms with Crippen LogP contribution in [0.2, 0.25) is 0 Å². The number of piperidine rings is 1. The smallest absolute Gasteiger partial charge is 0.371 e. The lowest BCUT2D eigenvalue weighted by molar-refractivity contribution is -0.123. The van der Waals surface area contributed by atoms with Crippen LogP contribution in [0.15, 0.2) is 43.0 Å². The number of carbonyl (C=O) groups excluding carboxylic acids is 1. The third kappa shape index (κ3) is 6.38. The van der Waals surface area contributed by atoms with E-state index in [1.165, 1.54) is 29.8 Å². The fourth-order valence-corrected chi connectivity index (χ4v) is 4.78. The Balaban J connectivity index is 1.42. The summed E-state index contributed by atoms with van der Waals surface area (Å²) in [4.78, 5) is 27.8. The van der Waals surface area contributed by atoms with Crippen LogP contribution in [0, 0.1) is 5.92 Å². The Hall–Kier alpha value is -2.86. The van der Waals surface area contributed by atoms with Gasteiger partial charge >= 0.3 is 6.18 Å². The second-order valence-electron chi connectivity index (χ2n) is 7.93. The van der Waals surface area contributed by atoms with Crippen molar-refractivity contribution in [1.29, 1.82) is 0 Å². The number of nitrogens with one attached hydrogen (secondary N) is 2. The fraction of sp³-hybridized carbons (Fsp3) is 0.364. The molecule has 1 saturated heterocycles. The van der Waals surface area contributed by atoms with E-state index in [-0.39, 0.29) is 5.56 Å². The molecule has 1 aliphatic rings. The number of thiol groups is 1. The SMILES string of the molecule is O=C(NCC(F)(F)F)c1cncc(-c2cnc(Nc3cc(N4CCC(CS)CC4)ccn3)s2)c1. The molecule has 1 fully saturated rings. The minimum absolute atomic E-state index is 0.0423. The number of hydrogen-bond acceptors (Lipinski definition) is 8. The Kier molecular flexibility index (Phi) is 7.57. The first kappa shape index (κ1) is 24.3. The largest absolute Gasteiger partial charge is 0.405 e. The molecule has 0 bridgehead atoms. The summed E-state index contributed by atoms with van der Waals surface area (Å²) >= 11 is 5.73. The molecule has 180 valence electrons. The van der Waals surface area contributed by atoms with Crippen molar-refractivity contribution in [2.24, 2.45) is 5.92 Å². The van der Waals surface area contributed by atoms with Gasteiger partial charge in [0.05, 0.1) is 10.4 Å². The van der Waals surface area contributed by atoms with Gasteiger partial charge in [-0.15, -0.1) is 0 Å². The molecule has 3 aromatic heterocycles. The molecule has 4 heterocycles. The van der Waals surface area contributed by atoms with E-state index in [2.05, 4.69) is 37.8 Å². The molecule has 0 spiro atoms. The lowest BCUT2D eigenvalue weighted by Gasteiger charge is -2.33. The van der Waals surface area contributed by atoms with E-state index in [4.69, 9.17) is 0 Å². The van der Waals surface area contributed by atoms with E-state index in [0.717, 1.165) is 37.4 Å². The molecule has 0 atom stereocenters. The van der Waals surface area contributed by atoms with Crippen LogP contribution in [0.4, 0.5) is 29.8 Å². The molecule has 0 aromatic carbocycles. The van der Waals surface area contributed by atoms with Crippen LogP contribution in [0.3, 0.4) is 0 Å². The summed E-state index contributed by atoms with van der Waals surface area (Å²) in [7, 11) is 0. The molecule has 3 aromatic rings. The number of rotatable bonds is 7. The average molecular weight is 509 g/mol. The number of anilines is 3. The molecule has 0 radical (unpaired) electrons. The summed E-state index contributed by atoms with van der Waals surface area (Å²) in [6.07, 6.45) is 3.89. The van der Waals surface area contributed by atoms with Crippen LogP contribution < -0.4 is 15.5 Å². The van der Waals surface area contributed by atoms with Gasteiger partial charge in [0.15, 0.2) is 5.13 Å². The Morgan fingerprint density at radius 3 is 2.71 bits per heavy atom. The van der Waals surface area contributed by atoms with E-state index in [9.17, 15) is 18.0 Å². The van der Waals surface area contributed by atoms with Gasteiger partial charge in [-0.1, -0.05) is 11.3 Å². The third-order valence-electron chi connectivity index (χ3n) is 5.46. The molecule has 2 N–H and O–H groups in total. The van der Waals surface area contributed by atoms with Gasteiger partial charge in [0, 0.05) is 55.2 Å². The van der Waals surface area contributed by atoms with Crippen molar-refractivity contribution in [3.63, 3.8) is 0 Å². The van der Waals surface area contributed by atoms with Gasteiger partial charge in [-0.3, -0.25) is 9.78 Å². The maximum absolute atomic E-state index is 12.4. The summed E-state index contributed by atoms with van der Waals surface area (Å²) in [5.41, 5.74) is 1.72. The van der Waals surface area contributed by atoms with Crippen molar-refractivity contribution in [2.45, 2.75) is 19.0 Å². The standard InChI is InChI=1S/C22H23F3N6OS2/c23-22(24,25)13-29-20(32)16-7-15(9-26-10-16)18-11-28-21(34-18)30-19-8-17(1-4-27-19)31-5-2-14(12-33)3-6-31/h1,4,7-11,14,33H,2-3,5-6,12-13H2,(H,29,32)(H,27,28,30). The number of aromatic nitrogens is 3. The zero-order chi connectivity index (χ0) is 24.1. The van der Waals surface area contributed by atoms with Crippen molar-refractivity contribution in [3.05, 3.63) is 48.5 Å². The second-order valence-corrected chi connectivity index (χ2v) is 9.32. The Labute approximate surface area is 204 Å². The Morgan fingerprint density at radius 2 is 1.97 bits per heavy atom. The van der Waals surface area contributed by atoms with E-state index in [1.54, 1.807) is 12.4 Å². The number of halogens is 3. The van der Waals surface area contributed by atoms with Crippen LogP contribution in [-0.2, 0) is 0 Å². The van der Waals surface area contributed by atoms with Crippen LogP contribution >= 0.6 is 24.0 Å². The van der Waals surface area contributed by atoms with Crippen molar-refractivity contribution in [1.82, 2.24) is 20.3 Å². The highest BCUT2D eigenvalue weighted by molar-refractivity contribution is 7.80. The van der Waals surface area contributed by atoms with E-state index in [0.29, 0.717) is 27.3 Å². The summed E-state index contributed by atoms with van der Waals surface area (Å²) < 4.78 is 37.1. The zero-order valence-corrected chi connectivity index (χ0v) is 19.8. The van der Waals surface area contributed by atoms with Crippen molar-refractivity contribution in [2.75, 3.05) is 35.6 Å². The average Bonchev–Trinajstić information content (AvgIpc) is 3.31. The second kappa shape index (κ2) is 10.6. The predicted octanol–water partition coefficient (Wildman–Crippen LogP) is 4.78. The normalized spacial score (nSPS) is 14.8. The van der Waals surface area contributed by atoms with Crippen LogP contribution in [0.25, 0.3) is 10.4 Å². The Morgan fingerprint density at radius 1 is 1.18 bits per heavy atom. The van der Waals surface area contributed by atoms with Gasteiger partial charge in [0.1, 0.15) is 12.4 Å². The maximum atomic E-state index is 12.4. The summed E-state index contributed by atoms with van der Waals surface area (Å²) in [5.74, 6) is 1.40. The minimum atomic E-state index is -4.48. The van der Waals surface area contributed by atoms with Gasteiger partial charge in [0.2, 0.25) is 0 Å². The topological polar surface area (TPSA) is 83.0 Å².